The standard InChI is InChI=1S/C38H36N2O2/c1-4-14-28(15-5-2)27-40(3)25-24-38(42,34-22-13-20-29-16-9-11-21-32(29)34)36(30-17-7-6-8-18-30)33-26-31-19-10-12-23-35(31)39-37(33)41/h4-12,14-21,23,26,36,42H,1,24-25,27H2,2-3H3,(H,39,41)/b15-5-,28-14+. The third-order valence-electron chi connectivity index (χ3n) is 7.78. The van der Waals surface area contributed by atoms with Gasteiger partial charge in [-0.15, -0.1) is 0 Å². The number of fused-ring (bicyclic) bond motifs is 2. The molecule has 0 amide bonds. The van der Waals surface area contributed by atoms with Crippen LogP contribution < -0.4 is 0 Å². The van der Waals surface area contributed by atoms with Crippen molar-refractivity contribution in [2.24, 2.45) is 0 Å². The molecule has 1 aliphatic carbocycles. The van der Waals surface area contributed by atoms with Crippen molar-refractivity contribution in [2.45, 2.75) is 24.9 Å². The zero-order chi connectivity index (χ0) is 29.5. The number of likely N-dealkylation sites (N-methyl/N-ethyl adjacent to an activating group) is 1. The molecule has 0 saturated heterocycles. The van der Waals surface area contributed by atoms with Crippen molar-refractivity contribution in [3.63, 3.8) is 0 Å². The topological polar surface area (TPSA) is 56.6 Å². The van der Waals surface area contributed by atoms with E-state index in [0.29, 0.717) is 36.2 Å². The van der Waals surface area contributed by atoms with Crippen molar-refractivity contribution in [2.75, 3.05) is 20.1 Å². The maximum atomic E-state index is 13.2. The number of hydrogen-bond acceptors (Lipinski definition) is 4. The lowest BCUT2D eigenvalue weighted by Crippen LogP contribution is -2.42. The third kappa shape index (κ3) is 5.99. The van der Waals surface area contributed by atoms with Gasteiger partial charge < -0.3 is 15.1 Å². The first-order valence-corrected chi connectivity index (χ1v) is 14.2. The van der Waals surface area contributed by atoms with Crippen molar-refractivity contribution in [1.29, 1.82) is 0 Å². The third-order valence-corrected chi connectivity index (χ3v) is 7.78. The number of benzene rings is 3. The lowest BCUT2D eigenvalue weighted by Gasteiger charge is -2.40. The van der Waals surface area contributed by atoms with Gasteiger partial charge in [0.2, 0.25) is 5.88 Å². The van der Waals surface area contributed by atoms with Crippen LogP contribution in [-0.4, -0.2) is 45.8 Å². The number of para-hydroxylation sites is 1. The van der Waals surface area contributed by atoms with Crippen LogP contribution in [-0.2, 0) is 0 Å². The highest BCUT2D eigenvalue weighted by Gasteiger charge is 2.45. The molecule has 0 spiro atoms. The van der Waals surface area contributed by atoms with Crippen LogP contribution in [0.2, 0.25) is 0 Å². The Morgan fingerprint density at radius 2 is 1.79 bits per heavy atom. The van der Waals surface area contributed by atoms with Gasteiger partial charge in [0.15, 0.2) is 0 Å². The molecule has 0 fully saturated rings. The number of nitrogens with zero attached hydrogens (tertiary/aromatic N) is 2. The van der Waals surface area contributed by atoms with Crippen LogP contribution in [0, 0.1) is 0 Å². The molecule has 0 saturated carbocycles. The van der Waals surface area contributed by atoms with Crippen LogP contribution in [0.25, 0.3) is 22.6 Å². The fourth-order valence-corrected chi connectivity index (χ4v) is 5.83. The Morgan fingerprint density at radius 3 is 2.57 bits per heavy atom. The van der Waals surface area contributed by atoms with Gasteiger partial charge in [0.25, 0.3) is 0 Å². The van der Waals surface area contributed by atoms with Crippen molar-refractivity contribution < 1.29 is 10.2 Å². The Hall–Kier alpha value is -4.69. The van der Waals surface area contributed by atoms with Crippen LogP contribution >= 0.6 is 0 Å². The minimum absolute atomic E-state index is 0.0946. The van der Waals surface area contributed by atoms with Crippen LogP contribution in [0.1, 0.15) is 41.5 Å². The van der Waals surface area contributed by atoms with Gasteiger partial charge in [0, 0.05) is 35.5 Å². The highest BCUT2D eigenvalue weighted by molar-refractivity contribution is 5.84. The Labute approximate surface area is 248 Å². The number of aliphatic hydroxyl groups is 1. The molecule has 0 radical (unpaired) electrons. The van der Waals surface area contributed by atoms with Gasteiger partial charge in [-0.1, -0.05) is 115 Å². The molecule has 2 N–H and O–H groups in total. The lowest BCUT2D eigenvalue weighted by molar-refractivity contribution is 0.0646. The summed E-state index contributed by atoms with van der Waals surface area (Å²) in [5.74, 6) is -0.735. The molecular weight excluding hydrogens is 516 g/mol. The summed E-state index contributed by atoms with van der Waals surface area (Å²) in [5.41, 5.74) is 10.8. The van der Waals surface area contributed by atoms with Gasteiger partial charge in [-0.2, -0.15) is 0 Å². The molecule has 4 aromatic rings. The molecule has 4 nitrogen and oxygen atoms in total. The molecular formula is C38H36N2O2. The van der Waals surface area contributed by atoms with E-state index < -0.39 is 11.5 Å². The fraction of sp³-hybridized carbons (Fsp3) is 0.184. The van der Waals surface area contributed by atoms with Gasteiger partial charge in [0.1, 0.15) is 5.60 Å². The van der Waals surface area contributed by atoms with Crippen LogP contribution in [0.5, 0.6) is 5.88 Å². The van der Waals surface area contributed by atoms with E-state index in [4.69, 9.17) is 0 Å². The van der Waals surface area contributed by atoms with E-state index in [-0.39, 0.29) is 5.88 Å². The number of aromatic hydroxyl groups is 1. The minimum Gasteiger partial charge on any atom is -0.493 e. The molecule has 2 atom stereocenters. The molecule has 1 heterocycles. The number of allylic oxidation sites excluding steroid dienone is 3. The van der Waals surface area contributed by atoms with Gasteiger partial charge >= 0.3 is 0 Å². The Kier molecular flexibility index (Phi) is 8.83. The molecule has 0 aliphatic heterocycles. The zero-order valence-electron chi connectivity index (χ0n) is 24.2. The first-order valence-electron chi connectivity index (χ1n) is 14.2. The zero-order valence-corrected chi connectivity index (χ0v) is 24.2. The monoisotopic (exact) mass is 552 g/mol. The summed E-state index contributed by atoms with van der Waals surface area (Å²) >= 11 is 0. The second kappa shape index (κ2) is 12.9. The first kappa shape index (κ1) is 28.8. The lowest BCUT2D eigenvalue weighted by atomic mass is 9.69. The van der Waals surface area contributed by atoms with E-state index in [0.717, 1.165) is 27.6 Å². The van der Waals surface area contributed by atoms with Gasteiger partial charge in [-0.25, -0.2) is 4.98 Å². The number of pyridine rings is 1. The fourth-order valence-electron chi connectivity index (χ4n) is 5.83. The van der Waals surface area contributed by atoms with Crippen molar-refractivity contribution in [3.8, 4) is 5.88 Å². The second-order valence-electron chi connectivity index (χ2n) is 10.7. The Bertz CT molecular complexity index is 1750. The van der Waals surface area contributed by atoms with Crippen molar-refractivity contribution >= 4 is 22.6 Å². The van der Waals surface area contributed by atoms with Crippen LogP contribution in [0.4, 0.5) is 0 Å². The largest absolute Gasteiger partial charge is 0.493 e. The predicted octanol–water partition coefficient (Wildman–Crippen LogP) is 7.68. The molecule has 0 bridgehead atoms. The summed E-state index contributed by atoms with van der Waals surface area (Å²) < 4.78 is 0. The summed E-state index contributed by atoms with van der Waals surface area (Å²) in [6.07, 6.45) is 10.1. The van der Waals surface area contributed by atoms with Crippen LogP contribution in [0.15, 0.2) is 133 Å². The van der Waals surface area contributed by atoms with E-state index in [1.54, 1.807) is 6.08 Å². The normalized spacial score (nSPS) is 15.0. The highest BCUT2D eigenvalue weighted by Crippen LogP contribution is 2.48. The molecule has 3 aromatic carbocycles. The average Bonchev–Trinajstić information content (AvgIpc) is 3.01. The Balaban J connectivity index is 1.68. The minimum atomic E-state index is -1.47. The first-order chi connectivity index (χ1) is 20.4. The van der Waals surface area contributed by atoms with Gasteiger partial charge in [-0.05, 0) is 60.9 Å². The molecule has 2 unspecified atom stereocenters. The molecule has 5 rings (SSSR count). The number of aromatic nitrogens is 1. The van der Waals surface area contributed by atoms with E-state index >= 15 is 0 Å². The van der Waals surface area contributed by atoms with E-state index in [2.05, 4.69) is 34.0 Å². The SMILES string of the molecule is C=C/C=C(\C=C/C)CN(C)CCC(O)(C1=C=C=Cc2ccccc21)C(c1ccccc1)c1cc2ccccc2nc1O. The molecule has 42 heavy (non-hydrogen) atoms. The molecule has 1 aromatic heterocycles. The number of rotatable bonds is 11. The van der Waals surface area contributed by atoms with Crippen LogP contribution in [0.3, 0.4) is 0 Å². The maximum absolute atomic E-state index is 13.2. The summed E-state index contributed by atoms with van der Waals surface area (Å²) in [7, 11) is 2.05. The average molecular weight is 553 g/mol. The van der Waals surface area contributed by atoms with E-state index in [9.17, 15) is 10.2 Å². The van der Waals surface area contributed by atoms with Crippen molar-refractivity contribution in [3.05, 3.63) is 155 Å². The highest BCUT2D eigenvalue weighted by atomic mass is 16.3. The summed E-state index contributed by atoms with van der Waals surface area (Å²) in [4.78, 5) is 6.75. The summed E-state index contributed by atoms with van der Waals surface area (Å²) in [6.45, 7) is 7.12. The van der Waals surface area contributed by atoms with Gasteiger partial charge in [-0.3, -0.25) is 0 Å². The van der Waals surface area contributed by atoms with Gasteiger partial charge in [0.05, 0.1) is 5.52 Å². The number of hydrogen-bond donors (Lipinski definition) is 2. The molecule has 1 aliphatic rings. The summed E-state index contributed by atoms with van der Waals surface area (Å²) in [5, 5.41) is 25.5. The quantitative estimate of drug-likeness (QED) is 0.148. The second-order valence-corrected chi connectivity index (χ2v) is 10.7. The molecule has 4 heteroatoms. The summed E-state index contributed by atoms with van der Waals surface area (Å²) in [6, 6.07) is 27.5. The molecule has 210 valence electrons. The predicted molar refractivity (Wildman–Crippen MR) is 173 cm³/mol. The smallest absolute Gasteiger partial charge is 0.215 e. The maximum Gasteiger partial charge on any atom is 0.215 e. The Morgan fingerprint density at radius 1 is 1.05 bits per heavy atom. The van der Waals surface area contributed by atoms with E-state index in [1.807, 2.05) is 117 Å². The van der Waals surface area contributed by atoms with E-state index in [1.165, 1.54) is 0 Å². The van der Waals surface area contributed by atoms with Crippen molar-refractivity contribution in [1.82, 2.24) is 9.88 Å².